The molecule has 0 radical (unpaired) electrons. The Balaban J connectivity index is 1.26. The fourth-order valence-corrected chi connectivity index (χ4v) is 4.52. The largest absolute Gasteiger partial charge is 0.417 e. The number of hydrogen-bond donors (Lipinski definition) is 3. The molecule has 1 unspecified atom stereocenters. The van der Waals surface area contributed by atoms with Crippen LogP contribution in [0, 0.1) is 0 Å². The lowest BCUT2D eigenvalue weighted by Crippen LogP contribution is -2.51. The molecule has 11 heteroatoms. The number of benzene rings is 1. The topological polar surface area (TPSA) is 89.2 Å². The van der Waals surface area contributed by atoms with Gasteiger partial charge in [0.05, 0.1) is 17.5 Å². The van der Waals surface area contributed by atoms with Crippen LogP contribution in [0.15, 0.2) is 42.7 Å². The van der Waals surface area contributed by atoms with E-state index in [9.17, 15) is 18.0 Å². The molecule has 0 spiro atoms. The number of fused-ring (bicyclic) bond motifs is 1. The van der Waals surface area contributed by atoms with Gasteiger partial charge in [0.15, 0.2) is 0 Å². The maximum atomic E-state index is 12.8. The SMILES string of the molecule is CC1CN(Cc2cn[nH]c2-c2ccc3c(c2)CNC(=O)N3)CCN1c1ccc(C(F)(F)F)cn1. The van der Waals surface area contributed by atoms with Gasteiger partial charge in [-0.25, -0.2) is 9.78 Å². The highest BCUT2D eigenvalue weighted by Crippen LogP contribution is 2.31. The van der Waals surface area contributed by atoms with Crippen molar-refractivity contribution < 1.29 is 18.0 Å². The van der Waals surface area contributed by atoms with Crippen LogP contribution in [0.25, 0.3) is 11.3 Å². The van der Waals surface area contributed by atoms with E-state index < -0.39 is 11.7 Å². The predicted molar refractivity (Wildman–Crippen MR) is 121 cm³/mol. The molecule has 1 saturated heterocycles. The highest BCUT2D eigenvalue weighted by molar-refractivity contribution is 5.92. The summed E-state index contributed by atoms with van der Waals surface area (Å²) in [6.07, 6.45) is -1.67. The Labute approximate surface area is 194 Å². The summed E-state index contributed by atoms with van der Waals surface area (Å²) < 4.78 is 38.5. The van der Waals surface area contributed by atoms with Gasteiger partial charge in [-0.15, -0.1) is 0 Å². The number of urea groups is 1. The first-order valence-corrected chi connectivity index (χ1v) is 11.0. The molecule has 3 N–H and O–H groups in total. The smallest absolute Gasteiger partial charge is 0.351 e. The molecule has 2 amide bonds. The van der Waals surface area contributed by atoms with E-state index in [2.05, 4.69) is 30.7 Å². The molecular formula is C23H24F3N7O. The van der Waals surface area contributed by atoms with E-state index in [1.807, 2.05) is 36.2 Å². The summed E-state index contributed by atoms with van der Waals surface area (Å²) in [6.45, 7) is 5.36. The summed E-state index contributed by atoms with van der Waals surface area (Å²) in [4.78, 5) is 19.9. The van der Waals surface area contributed by atoms with Crippen molar-refractivity contribution in [3.8, 4) is 11.3 Å². The molecule has 2 aliphatic rings. The number of halogens is 3. The highest BCUT2D eigenvalue weighted by atomic mass is 19.4. The molecule has 0 aliphatic carbocycles. The minimum atomic E-state index is -4.39. The van der Waals surface area contributed by atoms with Crippen LogP contribution in [0.2, 0.25) is 0 Å². The van der Waals surface area contributed by atoms with Crippen LogP contribution in [0.5, 0.6) is 0 Å². The highest BCUT2D eigenvalue weighted by Gasteiger charge is 2.32. The summed E-state index contributed by atoms with van der Waals surface area (Å²) in [5.41, 5.74) is 4.04. The Kier molecular flexibility index (Phi) is 5.64. The van der Waals surface area contributed by atoms with Crippen LogP contribution >= 0.6 is 0 Å². The zero-order chi connectivity index (χ0) is 23.9. The third-order valence-electron chi connectivity index (χ3n) is 6.27. The van der Waals surface area contributed by atoms with Gasteiger partial charge in [0.1, 0.15) is 5.82 Å². The van der Waals surface area contributed by atoms with Crippen LogP contribution in [0.4, 0.5) is 29.5 Å². The average molecular weight is 471 g/mol. The summed E-state index contributed by atoms with van der Waals surface area (Å²) in [7, 11) is 0. The van der Waals surface area contributed by atoms with Gasteiger partial charge in [-0.05, 0) is 36.8 Å². The summed E-state index contributed by atoms with van der Waals surface area (Å²) in [5, 5.41) is 12.9. The van der Waals surface area contributed by atoms with Crippen molar-refractivity contribution in [3.63, 3.8) is 0 Å². The molecule has 34 heavy (non-hydrogen) atoms. The summed E-state index contributed by atoms with van der Waals surface area (Å²) >= 11 is 0. The van der Waals surface area contributed by atoms with Crippen molar-refractivity contribution in [2.75, 3.05) is 29.9 Å². The number of H-pyrrole nitrogens is 1. The molecule has 1 fully saturated rings. The second-order valence-corrected chi connectivity index (χ2v) is 8.63. The number of pyridine rings is 1. The Morgan fingerprint density at radius 3 is 2.74 bits per heavy atom. The second-order valence-electron chi connectivity index (χ2n) is 8.63. The number of anilines is 2. The van der Waals surface area contributed by atoms with Gasteiger partial charge in [-0.1, -0.05) is 6.07 Å². The molecule has 2 aromatic heterocycles. The van der Waals surface area contributed by atoms with Crippen LogP contribution in [-0.2, 0) is 19.3 Å². The lowest BCUT2D eigenvalue weighted by molar-refractivity contribution is -0.137. The van der Waals surface area contributed by atoms with Gasteiger partial charge in [0, 0.05) is 61.8 Å². The van der Waals surface area contributed by atoms with Gasteiger partial charge in [0.2, 0.25) is 0 Å². The molecule has 5 rings (SSSR count). The first-order chi connectivity index (χ1) is 16.3. The number of carbonyl (C=O) groups is 1. The molecule has 3 aromatic rings. The van der Waals surface area contributed by atoms with Gasteiger partial charge < -0.3 is 15.5 Å². The van der Waals surface area contributed by atoms with E-state index in [0.29, 0.717) is 25.5 Å². The minimum absolute atomic E-state index is 0.0896. The quantitative estimate of drug-likeness (QED) is 0.538. The van der Waals surface area contributed by atoms with E-state index in [-0.39, 0.29) is 12.1 Å². The molecule has 4 heterocycles. The molecule has 1 atom stereocenters. The molecule has 0 bridgehead atoms. The fraction of sp³-hybridized carbons (Fsp3) is 0.348. The van der Waals surface area contributed by atoms with E-state index in [1.165, 1.54) is 6.07 Å². The van der Waals surface area contributed by atoms with Gasteiger partial charge in [0.25, 0.3) is 0 Å². The Morgan fingerprint density at radius 2 is 2.00 bits per heavy atom. The number of nitrogens with zero attached hydrogens (tertiary/aromatic N) is 4. The number of amides is 2. The number of rotatable bonds is 4. The number of nitrogens with one attached hydrogen (secondary N) is 3. The van der Waals surface area contributed by atoms with E-state index in [0.717, 1.165) is 53.4 Å². The van der Waals surface area contributed by atoms with Gasteiger partial charge in [-0.3, -0.25) is 10.00 Å². The third kappa shape index (κ3) is 4.43. The second kappa shape index (κ2) is 8.64. The van der Waals surface area contributed by atoms with Crippen molar-refractivity contribution in [1.29, 1.82) is 0 Å². The van der Waals surface area contributed by atoms with E-state index in [1.54, 1.807) is 0 Å². The number of aromatic amines is 1. The van der Waals surface area contributed by atoms with E-state index in [4.69, 9.17) is 0 Å². The zero-order valence-electron chi connectivity index (χ0n) is 18.5. The maximum Gasteiger partial charge on any atom is 0.417 e. The lowest BCUT2D eigenvalue weighted by Gasteiger charge is -2.40. The van der Waals surface area contributed by atoms with Crippen LogP contribution in [-0.4, -0.2) is 51.8 Å². The number of hydrogen-bond acceptors (Lipinski definition) is 5. The van der Waals surface area contributed by atoms with Crippen LogP contribution in [0.3, 0.4) is 0 Å². The van der Waals surface area contributed by atoms with Crippen molar-refractivity contribution in [3.05, 3.63) is 59.4 Å². The first kappa shape index (κ1) is 22.2. The van der Waals surface area contributed by atoms with Crippen molar-refractivity contribution in [2.45, 2.75) is 32.2 Å². The van der Waals surface area contributed by atoms with Crippen LogP contribution < -0.4 is 15.5 Å². The predicted octanol–water partition coefficient (Wildman–Crippen LogP) is 3.84. The van der Waals surface area contributed by atoms with Crippen molar-refractivity contribution in [2.24, 2.45) is 0 Å². The van der Waals surface area contributed by atoms with Crippen molar-refractivity contribution >= 4 is 17.5 Å². The number of aromatic nitrogens is 3. The molecule has 8 nitrogen and oxygen atoms in total. The van der Waals surface area contributed by atoms with Crippen LogP contribution in [0.1, 0.15) is 23.6 Å². The molecule has 0 saturated carbocycles. The molecule has 178 valence electrons. The Hall–Kier alpha value is -3.60. The fourth-order valence-electron chi connectivity index (χ4n) is 4.52. The number of carbonyl (C=O) groups excluding carboxylic acids is 1. The van der Waals surface area contributed by atoms with Gasteiger partial charge >= 0.3 is 12.2 Å². The maximum absolute atomic E-state index is 12.8. The lowest BCUT2D eigenvalue weighted by atomic mass is 10.0. The van der Waals surface area contributed by atoms with Gasteiger partial charge in [-0.2, -0.15) is 18.3 Å². The summed E-state index contributed by atoms with van der Waals surface area (Å²) in [6, 6.07) is 8.30. The Bertz CT molecular complexity index is 1190. The van der Waals surface area contributed by atoms with Crippen molar-refractivity contribution in [1.82, 2.24) is 25.4 Å². The third-order valence-corrected chi connectivity index (χ3v) is 6.27. The summed E-state index contributed by atoms with van der Waals surface area (Å²) in [5.74, 6) is 0.555. The molecular weight excluding hydrogens is 447 g/mol. The zero-order valence-corrected chi connectivity index (χ0v) is 18.5. The Morgan fingerprint density at radius 1 is 1.15 bits per heavy atom. The minimum Gasteiger partial charge on any atom is -0.351 e. The average Bonchev–Trinajstić information content (AvgIpc) is 3.26. The molecule has 1 aromatic carbocycles. The monoisotopic (exact) mass is 471 g/mol. The number of alkyl halides is 3. The number of piperazine rings is 1. The normalized spacial score (nSPS) is 18.9. The standard InChI is InChI=1S/C23H24F3N7O/c1-14-12-32(6-7-33(14)20-5-3-18(11-27-20)23(24,25)26)13-17-10-29-31-21(17)15-2-4-19-16(8-15)9-28-22(34)30-19/h2-5,8,10-11,14H,6-7,9,12-13H2,1H3,(H,29,31)(H2,28,30,34). The first-order valence-electron chi connectivity index (χ1n) is 11.0. The van der Waals surface area contributed by atoms with E-state index >= 15 is 0 Å². The molecule has 2 aliphatic heterocycles.